The van der Waals surface area contributed by atoms with E-state index in [1.807, 2.05) is 24.0 Å². The lowest BCUT2D eigenvalue weighted by molar-refractivity contribution is -0.147. The van der Waals surface area contributed by atoms with Crippen LogP contribution in [0.5, 0.6) is 5.88 Å². The second kappa shape index (κ2) is 7.41. The van der Waals surface area contributed by atoms with Crippen molar-refractivity contribution in [3.63, 3.8) is 0 Å². The molecule has 26 heavy (non-hydrogen) atoms. The molecule has 2 aromatic rings. The van der Waals surface area contributed by atoms with Crippen molar-refractivity contribution in [3.05, 3.63) is 53.5 Å². The average Bonchev–Trinajstić information content (AvgIpc) is 2.68. The van der Waals surface area contributed by atoms with Gasteiger partial charge in [0.2, 0.25) is 5.88 Å². The summed E-state index contributed by atoms with van der Waals surface area (Å²) >= 11 is 0. The highest BCUT2D eigenvalue weighted by atomic mass is 16.5. The van der Waals surface area contributed by atoms with Gasteiger partial charge in [0.05, 0.1) is 6.61 Å². The Balaban J connectivity index is 1.31. The summed E-state index contributed by atoms with van der Waals surface area (Å²) in [4.78, 5) is 23.1. The number of fused-ring (bicyclic) bond motifs is 1. The number of hydrogen-bond acceptors (Lipinski definition) is 5. The zero-order valence-electron chi connectivity index (χ0n) is 14.9. The minimum Gasteiger partial charge on any atom is -0.474 e. The lowest BCUT2D eigenvalue weighted by Crippen LogP contribution is -2.48. The quantitative estimate of drug-likeness (QED) is 0.847. The largest absolute Gasteiger partial charge is 0.474 e. The third kappa shape index (κ3) is 3.70. The van der Waals surface area contributed by atoms with E-state index < -0.39 is 0 Å². The Morgan fingerprint density at radius 3 is 2.73 bits per heavy atom. The van der Waals surface area contributed by atoms with E-state index in [1.165, 1.54) is 11.1 Å². The first-order valence-corrected chi connectivity index (χ1v) is 9.12. The molecule has 0 saturated carbocycles. The Kier molecular flexibility index (Phi) is 4.84. The fraction of sp³-hybridized carbons (Fsp3) is 0.450. The minimum atomic E-state index is -0.369. The Morgan fingerprint density at radius 1 is 1.19 bits per heavy atom. The second-order valence-electron chi connectivity index (χ2n) is 6.86. The van der Waals surface area contributed by atoms with E-state index in [2.05, 4.69) is 22.1 Å². The average molecular weight is 353 g/mol. The molecule has 136 valence electrons. The maximum Gasteiger partial charge on any atom is 0.252 e. The normalized spacial score (nSPS) is 20.5. The van der Waals surface area contributed by atoms with Gasteiger partial charge < -0.3 is 14.4 Å². The fourth-order valence-electron chi connectivity index (χ4n) is 3.57. The number of likely N-dealkylation sites (tertiary alicyclic amines) is 1. The molecule has 6 nitrogen and oxygen atoms in total. The molecule has 1 fully saturated rings. The number of hydrogen-bond donors (Lipinski definition) is 0. The van der Waals surface area contributed by atoms with E-state index in [1.54, 1.807) is 12.3 Å². The van der Waals surface area contributed by atoms with Crippen LogP contribution in [0.15, 0.2) is 36.5 Å². The number of rotatable bonds is 3. The van der Waals surface area contributed by atoms with E-state index in [9.17, 15) is 4.79 Å². The number of nitrogens with zero attached hydrogens (tertiary/aromatic N) is 3. The van der Waals surface area contributed by atoms with Crippen molar-refractivity contribution in [3.8, 4) is 5.88 Å². The first-order chi connectivity index (χ1) is 12.7. The van der Waals surface area contributed by atoms with Gasteiger partial charge in [-0.1, -0.05) is 24.3 Å². The SMILES string of the molecule is Cc1nccc(OC2CCN(C(=O)C3Cc4ccccc4CO3)CC2)n1. The molecule has 0 spiro atoms. The van der Waals surface area contributed by atoms with Crippen molar-refractivity contribution in [2.75, 3.05) is 13.1 Å². The maximum absolute atomic E-state index is 12.8. The second-order valence-corrected chi connectivity index (χ2v) is 6.86. The molecule has 3 heterocycles. The van der Waals surface area contributed by atoms with Crippen molar-refractivity contribution >= 4 is 5.91 Å². The van der Waals surface area contributed by atoms with Crippen molar-refractivity contribution in [2.24, 2.45) is 0 Å². The Hall–Kier alpha value is -2.47. The highest BCUT2D eigenvalue weighted by Gasteiger charge is 2.32. The van der Waals surface area contributed by atoms with Crippen LogP contribution in [0.25, 0.3) is 0 Å². The number of benzene rings is 1. The Morgan fingerprint density at radius 2 is 1.96 bits per heavy atom. The zero-order chi connectivity index (χ0) is 17.9. The molecule has 0 radical (unpaired) electrons. The fourth-order valence-corrected chi connectivity index (χ4v) is 3.57. The summed E-state index contributed by atoms with van der Waals surface area (Å²) in [6.45, 7) is 3.74. The van der Waals surface area contributed by atoms with Crippen molar-refractivity contribution in [1.82, 2.24) is 14.9 Å². The van der Waals surface area contributed by atoms with Crippen molar-refractivity contribution in [2.45, 2.75) is 45.0 Å². The number of aromatic nitrogens is 2. The molecule has 1 aromatic carbocycles. The Bertz CT molecular complexity index is 787. The smallest absolute Gasteiger partial charge is 0.252 e. The molecule has 1 saturated heterocycles. The van der Waals surface area contributed by atoms with Crippen LogP contribution in [-0.4, -0.2) is 46.1 Å². The monoisotopic (exact) mass is 353 g/mol. The summed E-state index contributed by atoms with van der Waals surface area (Å²) in [6, 6.07) is 9.95. The van der Waals surface area contributed by atoms with Gasteiger partial charge in [-0.25, -0.2) is 4.98 Å². The molecule has 6 heteroatoms. The van der Waals surface area contributed by atoms with Gasteiger partial charge in [-0.2, -0.15) is 4.98 Å². The molecule has 2 aliphatic heterocycles. The molecule has 1 aromatic heterocycles. The number of carbonyl (C=O) groups excluding carboxylic acids is 1. The minimum absolute atomic E-state index is 0.0846. The third-order valence-corrected chi connectivity index (χ3v) is 5.03. The number of carbonyl (C=O) groups is 1. The van der Waals surface area contributed by atoms with Gasteiger partial charge in [0.25, 0.3) is 5.91 Å². The van der Waals surface area contributed by atoms with Gasteiger partial charge in [-0.05, 0) is 18.1 Å². The predicted molar refractivity (Wildman–Crippen MR) is 95.7 cm³/mol. The Labute approximate surface area is 153 Å². The molecular formula is C20H23N3O3. The van der Waals surface area contributed by atoms with Crippen LogP contribution >= 0.6 is 0 Å². The number of piperidine rings is 1. The van der Waals surface area contributed by atoms with E-state index in [0.29, 0.717) is 37.8 Å². The highest BCUT2D eigenvalue weighted by Crippen LogP contribution is 2.23. The highest BCUT2D eigenvalue weighted by molar-refractivity contribution is 5.81. The van der Waals surface area contributed by atoms with E-state index in [4.69, 9.17) is 9.47 Å². The summed E-state index contributed by atoms with van der Waals surface area (Å²) in [5.41, 5.74) is 2.40. The first kappa shape index (κ1) is 17.0. The van der Waals surface area contributed by atoms with Crippen molar-refractivity contribution in [1.29, 1.82) is 0 Å². The summed E-state index contributed by atoms with van der Waals surface area (Å²) < 4.78 is 11.8. The lowest BCUT2D eigenvalue weighted by atomic mass is 9.98. The van der Waals surface area contributed by atoms with Crippen LogP contribution < -0.4 is 4.74 Å². The van der Waals surface area contributed by atoms with Crippen LogP contribution in [0.4, 0.5) is 0 Å². The topological polar surface area (TPSA) is 64.5 Å². The molecule has 1 amide bonds. The van der Waals surface area contributed by atoms with E-state index >= 15 is 0 Å². The van der Waals surface area contributed by atoms with Gasteiger partial charge in [0.15, 0.2) is 0 Å². The predicted octanol–water partition coefficient (Wildman–Crippen LogP) is 2.30. The number of amides is 1. The van der Waals surface area contributed by atoms with Crippen LogP contribution in [0.2, 0.25) is 0 Å². The molecule has 1 unspecified atom stereocenters. The molecule has 2 aliphatic rings. The first-order valence-electron chi connectivity index (χ1n) is 9.12. The summed E-state index contributed by atoms with van der Waals surface area (Å²) in [5, 5.41) is 0. The lowest BCUT2D eigenvalue weighted by Gasteiger charge is -2.35. The molecule has 4 rings (SSSR count). The number of aryl methyl sites for hydroxylation is 1. The van der Waals surface area contributed by atoms with E-state index in [0.717, 1.165) is 12.8 Å². The van der Waals surface area contributed by atoms with Crippen LogP contribution in [0.3, 0.4) is 0 Å². The molecule has 0 N–H and O–H groups in total. The molecular weight excluding hydrogens is 330 g/mol. The zero-order valence-corrected chi connectivity index (χ0v) is 14.9. The molecule has 0 bridgehead atoms. The van der Waals surface area contributed by atoms with Crippen LogP contribution in [0, 0.1) is 6.92 Å². The van der Waals surface area contributed by atoms with Gasteiger partial charge in [-0.15, -0.1) is 0 Å². The third-order valence-electron chi connectivity index (χ3n) is 5.03. The van der Waals surface area contributed by atoms with Crippen molar-refractivity contribution < 1.29 is 14.3 Å². The molecule has 0 aliphatic carbocycles. The van der Waals surface area contributed by atoms with Crippen LogP contribution in [0.1, 0.15) is 29.8 Å². The van der Waals surface area contributed by atoms with Gasteiger partial charge in [0, 0.05) is 44.6 Å². The van der Waals surface area contributed by atoms with Gasteiger partial charge >= 0.3 is 0 Å². The van der Waals surface area contributed by atoms with Gasteiger partial charge in [0.1, 0.15) is 18.0 Å². The van der Waals surface area contributed by atoms with Crippen LogP contribution in [-0.2, 0) is 22.6 Å². The standard InChI is InChI=1S/C20H23N3O3/c1-14-21-9-6-19(22-14)26-17-7-10-23(11-8-17)20(24)18-12-15-4-2-3-5-16(15)13-25-18/h2-6,9,17-18H,7-8,10-13H2,1H3. The van der Waals surface area contributed by atoms with E-state index in [-0.39, 0.29) is 18.1 Å². The summed E-state index contributed by atoms with van der Waals surface area (Å²) in [7, 11) is 0. The molecule has 1 atom stereocenters. The summed E-state index contributed by atoms with van der Waals surface area (Å²) in [6.07, 6.45) is 3.68. The number of ether oxygens (including phenoxy) is 2. The maximum atomic E-state index is 12.8. The summed E-state index contributed by atoms with van der Waals surface area (Å²) in [5.74, 6) is 1.40. The van der Waals surface area contributed by atoms with Gasteiger partial charge in [-0.3, -0.25) is 4.79 Å².